The van der Waals surface area contributed by atoms with Crippen molar-refractivity contribution in [2.24, 2.45) is 0 Å². The number of nitrogens with one attached hydrogen (secondary N) is 1. The van der Waals surface area contributed by atoms with E-state index in [1.807, 2.05) is 27.2 Å². The molecule has 426 valence electrons. The monoisotopic (exact) mass is 1030 g/mol. The van der Waals surface area contributed by atoms with E-state index in [0.29, 0.717) is 17.4 Å². The SMILES string of the molecule is CCCCCCCCCC/C=C\CCCCCCCCCCCCCCCCCCCCCCCC(=O)NC(COP(=O)([O-])OCC[N+](C)(C)C)C(O)/C=C/CC/C=C/CCCCCCCCCCCCC. The highest BCUT2D eigenvalue weighted by Crippen LogP contribution is 2.38. The van der Waals surface area contributed by atoms with Gasteiger partial charge in [-0.25, -0.2) is 0 Å². The molecule has 0 spiro atoms. The van der Waals surface area contributed by atoms with Crippen molar-refractivity contribution in [2.45, 2.75) is 321 Å². The van der Waals surface area contributed by atoms with Crippen LogP contribution in [0.15, 0.2) is 36.5 Å². The number of aliphatic hydroxyl groups is 1. The molecule has 0 saturated heterocycles. The van der Waals surface area contributed by atoms with Gasteiger partial charge in [0.2, 0.25) is 5.91 Å². The van der Waals surface area contributed by atoms with E-state index in [1.165, 1.54) is 250 Å². The minimum Gasteiger partial charge on any atom is -0.756 e. The van der Waals surface area contributed by atoms with E-state index in [9.17, 15) is 19.4 Å². The third-order valence-corrected chi connectivity index (χ3v) is 15.3. The Morgan fingerprint density at radius 1 is 0.472 bits per heavy atom. The summed E-state index contributed by atoms with van der Waals surface area (Å²) in [4.78, 5) is 25.5. The second-order valence-electron chi connectivity index (χ2n) is 22.8. The van der Waals surface area contributed by atoms with Crippen LogP contribution in [-0.4, -0.2) is 68.5 Å². The number of amides is 1. The van der Waals surface area contributed by atoms with Crippen LogP contribution in [0, 0.1) is 0 Å². The van der Waals surface area contributed by atoms with E-state index >= 15 is 0 Å². The van der Waals surface area contributed by atoms with Crippen LogP contribution in [0.1, 0.15) is 309 Å². The summed E-state index contributed by atoms with van der Waals surface area (Å²) in [5.74, 6) is -0.202. The van der Waals surface area contributed by atoms with Gasteiger partial charge in [-0.2, -0.15) is 0 Å². The number of quaternary nitrogens is 1. The van der Waals surface area contributed by atoms with Gasteiger partial charge in [0.15, 0.2) is 0 Å². The number of unbranched alkanes of at least 4 members (excludes halogenated alkanes) is 41. The Bertz CT molecular complexity index is 1270. The van der Waals surface area contributed by atoms with Gasteiger partial charge in [0, 0.05) is 6.42 Å². The first-order valence-corrected chi connectivity index (χ1v) is 32.8. The van der Waals surface area contributed by atoms with E-state index < -0.39 is 20.0 Å². The van der Waals surface area contributed by atoms with Gasteiger partial charge < -0.3 is 28.8 Å². The average Bonchev–Trinajstić information content (AvgIpc) is 3.34. The van der Waals surface area contributed by atoms with Crippen molar-refractivity contribution in [1.29, 1.82) is 0 Å². The third kappa shape index (κ3) is 56.4. The summed E-state index contributed by atoms with van der Waals surface area (Å²) >= 11 is 0. The lowest BCUT2D eigenvalue weighted by Crippen LogP contribution is -2.45. The molecule has 0 rings (SSSR count). The Morgan fingerprint density at radius 2 is 0.778 bits per heavy atom. The van der Waals surface area contributed by atoms with Crippen LogP contribution in [0.25, 0.3) is 0 Å². The summed E-state index contributed by atoms with van der Waals surface area (Å²) in [7, 11) is 1.26. The standard InChI is InChI=1S/C63H123N2O6P/c1-6-8-10-12-14-16-18-20-22-24-25-26-27-28-29-30-31-32-33-34-35-36-37-38-39-41-43-45-47-49-51-53-55-57-63(67)64-61(60-71-72(68,69)70-59-58-65(3,4)5)62(66)56-54-52-50-48-46-44-42-40-23-21-19-17-15-13-11-9-7-2/h24-25,46,48,54,56,61-62,66H,6-23,26-45,47,49-53,55,57-60H2,1-5H3,(H-,64,67,68,69)/b25-24-,48-46+,56-54+. The number of phosphoric acid groups is 1. The van der Waals surface area contributed by atoms with E-state index in [1.54, 1.807) is 6.08 Å². The van der Waals surface area contributed by atoms with E-state index in [4.69, 9.17) is 9.05 Å². The molecular weight excluding hydrogens is 912 g/mol. The van der Waals surface area contributed by atoms with Crippen molar-refractivity contribution in [3.63, 3.8) is 0 Å². The first-order chi connectivity index (χ1) is 35.0. The highest BCUT2D eigenvalue weighted by atomic mass is 31.2. The minimum absolute atomic E-state index is 0.00466. The summed E-state index contributed by atoms with van der Waals surface area (Å²) < 4.78 is 23.3. The molecule has 0 heterocycles. The van der Waals surface area contributed by atoms with Gasteiger partial charge in [0.25, 0.3) is 7.82 Å². The van der Waals surface area contributed by atoms with E-state index in [2.05, 4.69) is 43.5 Å². The van der Waals surface area contributed by atoms with Crippen molar-refractivity contribution < 1.29 is 32.9 Å². The predicted octanol–water partition coefficient (Wildman–Crippen LogP) is 18.7. The smallest absolute Gasteiger partial charge is 0.268 e. The maximum Gasteiger partial charge on any atom is 0.268 e. The van der Waals surface area contributed by atoms with Gasteiger partial charge >= 0.3 is 0 Å². The number of allylic oxidation sites excluding steroid dienone is 5. The molecule has 0 radical (unpaired) electrons. The van der Waals surface area contributed by atoms with Crippen molar-refractivity contribution in [3.8, 4) is 0 Å². The second kappa shape index (κ2) is 54.5. The number of hydrogen-bond acceptors (Lipinski definition) is 6. The molecule has 8 nitrogen and oxygen atoms in total. The first kappa shape index (κ1) is 70.7. The number of rotatable bonds is 58. The molecule has 0 aliphatic heterocycles. The summed E-state index contributed by atoms with van der Waals surface area (Å²) in [6.45, 7) is 4.66. The number of likely N-dealkylation sites (N-methyl/N-ethyl adjacent to an activating group) is 1. The molecule has 1 amide bonds. The molecule has 0 aliphatic rings. The molecule has 0 aromatic rings. The Kier molecular flexibility index (Phi) is 53.5. The van der Waals surface area contributed by atoms with Gasteiger partial charge in [0.05, 0.1) is 39.9 Å². The van der Waals surface area contributed by atoms with Crippen LogP contribution < -0.4 is 10.2 Å². The molecule has 0 aromatic carbocycles. The maximum atomic E-state index is 13.0. The van der Waals surface area contributed by atoms with Crippen molar-refractivity contribution in [3.05, 3.63) is 36.5 Å². The zero-order chi connectivity index (χ0) is 52.7. The summed E-state index contributed by atoms with van der Waals surface area (Å²) in [6.07, 6.45) is 71.1. The minimum atomic E-state index is -4.60. The van der Waals surface area contributed by atoms with Gasteiger partial charge in [-0.3, -0.25) is 9.36 Å². The molecule has 3 unspecified atom stereocenters. The largest absolute Gasteiger partial charge is 0.756 e. The molecule has 72 heavy (non-hydrogen) atoms. The van der Waals surface area contributed by atoms with Crippen molar-refractivity contribution in [2.75, 3.05) is 40.9 Å². The Balaban J connectivity index is 4.04. The molecule has 0 saturated carbocycles. The summed E-state index contributed by atoms with van der Waals surface area (Å²) in [5.41, 5.74) is 0. The molecular formula is C63H123N2O6P. The Morgan fingerprint density at radius 3 is 1.12 bits per heavy atom. The maximum absolute atomic E-state index is 13.0. The molecule has 0 aromatic heterocycles. The number of nitrogens with zero attached hydrogens (tertiary/aromatic N) is 1. The van der Waals surface area contributed by atoms with E-state index in [0.717, 1.165) is 38.5 Å². The van der Waals surface area contributed by atoms with Crippen LogP contribution in [0.3, 0.4) is 0 Å². The fourth-order valence-corrected chi connectivity index (χ4v) is 10.1. The Labute approximate surface area is 448 Å². The number of phosphoric ester groups is 1. The highest BCUT2D eigenvalue weighted by molar-refractivity contribution is 7.45. The van der Waals surface area contributed by atoms with E-state index in [-0.39, 0.29) is 19.1 Å². The molecule has 2 N–H and O–H groups in total. The number of hydrogen-bond donors (Lipinski definition) is 2. The van der Waals surface area contributed by atoms with Crippen LogP contribution in [0.5, 0.6) is 0 Å². The van der Waals surface area contributed by atoms with Crippen LogP contribution in [-0.2, 0) is 18.4 Å². The third-order valence-electron chi connectivity index (χ3n) is 14.3. The number of aliphatic hydroxyl groups excluding tert-OH is 1. The predicted molar refractivity (Wildman–Crippen MR) is 311 cm³/mol. The highest BCUT2D eigenvalue weighted by Gasteiger charge is 2.23. The zero-order valence-corrected chi connectivity index (χ0v) is 49.5. The van der Waals surface area contributed by atoms with Crippen molar-refractivity contribution in [1.82, 2.24) is 5.32 Å². The normalized spacial score (nSPS) is 14.0. The summed E-state index contributed by atoms with van der Waals surface area (Å²) in [6, 6.07) is -0.901. The molecule has 3 atom stereocenters. The lowest BCUT2D eigenvalue weighted by atomic mass is 10.0. The molecule has 0 bridgehead atoms. The van der Waals surface area contributed by atoms with Crippen LogP contribution in [0.4, 0.5) is 0 Å². The van der Waals surface area contributed by atoms with Crippen LogP contribution in [0.2, 0.25) is 0 Å². The number of carbonyl (C=O) groups is 1. The second-order valence-corrected chi connectivity index (χ2v) is 24.2. The summed E-state index contributed by atoms with van der Waals surface area (Å²) in [5, 5.41) is 13.9. The molecule has 0 aliphatic carbocycles. The lowest BCUT2D eigenvalue weighted by molar-refractivity contribution is -0.870. The Hall–Kier alpha value is -1.28. The van der Waals surface area contributed by atoms with Gasteiger partial charge in [0.1, 0.15) is 13.2 Å². The zero-order valence-electron chi connectivity index (χ0n) is 48.6. The number of carbonyl (C=O) groups excluding carboxylic acids is 1. The van der Waals surface area contributed by atoms with Gasteiger partial charge in [-0.05, 0) is 57.8 Å². The fraction of sp³-hybridized carbons (Fsp3) is 0.889. The quantitative estimate of drug-likeness (QED) is 0.0272. The van der Waals surface area contributed by atoms with Gasteiger partial charge in [-0.1, -0.05) is 281 Å². The fourth-order valence-electron chi connectivity index (χ4n) is 9.40. The van der Waals surface area contributed by atoms with Crippen molar-refractivity contribution >= 4 is 13.7 Å². The average molecular weight is 1040 g/mol. The first-order valence-electron chi connectivity index (χ1n) is 31.4. The molecule has 0 fully saturated rings. The lowest BCUT2D eigenvalue weighted by Gasteiger charge is -2.29. The van der Waals surface area contributed by atoms with Crippen LogP contribution >= 0.6 is 7.82 Å². The molecule has 9 heteroatoms. The van der Waals surface area contributed by atoms with Gasteiger partial charge in [-0.15, -0.1) is 0 Å². The topological polar surface area (TPSA) is 108 Å².